The fraction of sp³-hybridized carbons (Fsp3) is 0.429. The molecule has 0 aliphatic rings. The predicted molar refractivity (Wildman–Crippen MR) is 44.4 cm³/mol. The molecule has 6 nitrogen and oxygen atoms in total. The molecule has 0 unspecified atom stereocenters. The van der Waals surface area contributed by atoms with E-state index in [1.54, 1.807) is 0 Å². The molecule has 1 rings (SSSR count). The molecule has 0 aromatic carbocycles. The van der Waals surface area contributed by atoms with Crippen LogP contribution < -0.4 is 11.2 Å². The van der Waals surface area contributed by atoms with Crippen LogP contribution in [-0.2, 0) is 6.54 Å². The fourth-order valence-corrected chi connectivity index (χ4v) is 0.873. The zero-order valence-electron chi connectivity index (χ0n) is 6.80. The normalized spacial score (nSPS) is 12.8. The Labute approximate surface area is 73.1 Å². The molecule has 0 bridgehead atoms. The quantitative estimate of drug-likeness (QED) is 0.503. The summed E-state index contributed by atoms with van der Waals surface area (Å²) in [5.74, 6) is 0. The van der Waals surface area contributed by atoms with Crippen LogP contribution in [0.1, 0.15) is 0 Å². The number of aliphatic hydroxyl groups is 2. The van der Waals surface area contributed by atoms with Gasteiger partial charge in [-0.25, -0.2) is 4.79 Å². The van der Waals surface area contributed by atoms with Gasteiger partial charge in [0, 0.05) is 12.3 Å². The van der Waals surface area contributed by atoms with Crippen molar-refractivity contribution in [1.29, 1.82) is 0 Å². The molecule has 3 N–H and O–H groups in total. The van der Waals surface area contributed by atoms with E-state index in [0.29, 0.717) is 0 Å². The van der Waals surface area contributed by atoms with E-state index in [-0.39, 0.29) is 6.54 Å². The van der Waals surface area contributed by atoms with Crippen molar-refractivity contribution in [3.05, 3.63) is 33.1 Å². The zero-order valence-corrected chi connectivity index (χ0v) is 6.80. The number of nitrogens with zero attached hydrogens (tertiary/aromatic N) is 1. The Morgan fingerprint density at radius 1 is 1.54 bits per heavy atom. The van der Waals surface area contributed by atoms with Gasteiger partial charge in [0.05, 0.1) is 19.3 Å². The minimum Gasteiger partial charge on any atom is -0.394 e. The molecule has 13 heavy (non-hydrogen) atoms. The van der Waals surface area contributed by atoms with Crippen LogP contribution in [0.5, 0.6) is 0 Å². The molecule has 0 spiro atoms. The van der Waals surface area contributed by atoms with Gasteiger partial charge in [-0.05, 0) is 0 Å². The SMILES string of the molecule is O=c1ccn(C[C@H](O)CO)c(=O)[nH]1. The highest BCUT2D eigenvalue weighted by Gasteiger charge is 2.04. The van der Waals surface area contributed by atoms with Crippen molar-refractivity contribution in [3.8, 4) is 0 Å². The van der Waals surface area contributed by atoms with Gasteiger partial charge in [0.15, 0.2) is 0 Å². The number of H-pyrrole nitrogens is 1. The molecule has 0 saturated carbocycles. The van der Waals surface area contributed by atoms with Crippen molar-refractivity contribution < 1.29 is 10.2 Å². The highest BCUT2D eigenvalue weighted by atomic mass is 16.3. The lowest BCUT2D eigenvalue weighted by atomic mass is 10.4. The molecule has 1 aromatic heterocycles. The maximum atomic E-state index is 11.0. The molecular formula is C7H10N2O4. The summed E-state index contributed by atoms with van der Waals surface area (Å²) in [6.45, 7) is -0.461. The van der Waals surface area contributed by atoms with Gasteiger partial charge in [0.1, 0.15) is 0 Å². The third-order valence-corrected chi connectivity index (χ3v) is 1.52. The number of hydrogen-bond acceptors (Lipinski definition) is 4. The fourth-order valence-electron chi connectivity index (χ4n) is 0.873. The molecule has 6 heteroatoms. The monoisotopic (exact) mass is 186 g/mol. The van der Waals surface area contributed by atoms with Crippen LogP contribution in [-0.4, -0.2) is 32.5 Å². The number of nitrogens with one attached hydrogen (secondary N) is 1. The molecule has 0 amide bonds. The van der Waals surface area contributed by atoms with Crippen LogP contribution in [0.15, 0.2) is 21.9 Å². The maximum absolute atomic E-state index is 11.0. The van der Waals surface area contributed by atoms with Gasteiger partial charge in [-0.15, -0.1) is 0 Å². The van der Waals surface area contributed by atoms with Crippen LogP contribution in [0, 0.1) is 0 Å². The summed E-state index contributed by atoms with van der Waals surface area (Å²) in [6.07, 6.45) is 0.267. The van der Waals surface area contributed by atoms with E-state index in [2.05, 4.69) is 0 Å². The van der Waals surface area contributed by atoms with Crippen LogP contribution in [0.25, 0.3) is 0 Å². The Kier molecular flexibility index (Phi) is 2.99. The standard InChI is InChI=1S/C7H10N2O4/c10-4-5(11)3-9-2-1-6(12)8-7(9)13/h1-2,5,10-11H,3-4H2,(H,8,12,13)/t5-/m0/s1. The smallest absolute Gasteiger partial charge is 0.328 e. The Morgan fingerprint density at radius 2 is 2.23 bits per heavy atom. The zero-order chi connectivity index (χ0) is 9.84. The van der Waals surface area contributed by atoms with Crippen LogP contribution >= 0.6 is 0 Å². The van der Waals surface area contributed by atoms with Crippen molar-refractivity contribution in [2.24, 2.45) is 0 Å². The number of aromatic amines is 1. The summed E-state index contributed by atoms with van der Waals surface area (Å²) in [4.78, 5) is 23.7. The number of aromatic nitrogens is 2. The first-order valence-electron chi connectivity index (χ1n) is 3.72. The van der Waals surface area contributed by atoms with E-state index in [1.807, 2.05) is 4.98 Å². The van der Waals surface area contributed by atoms with Gasteiger partial charge in [0.25, 0.3) is 5.56 Å². The van der Waals surface area contributed by atoms with Crippen molar-refractivity contribution in [3.63, 3.8) is 0 Å². The van der Waals surface area contributed by atoms with Crippen LogP contribution in [0.2, 0.25) is 0 Å². The molecule has 0 fully saturated rings. The molecule has 0 radical (unpaired) electrons. The van der Waals surface area contributed by atoms with E-state index in [4.69, 9.17) is 10.2 Å². The summed E-state index contributed by atoms with van der Waals surface area (Å²) in [7, 11) is 0. The lowest BCUT2D eigenvalue weighted by Crippen LogP contribution is -2.33. The van der Waals surface area contributed by atoms with Gasteiger partial charge in [-0.1, -0.05) is 0 Å². The second-order valence-electron chi connectivity index (χ2n) is 2.60. The average molecular weight is 186 g/mol. The largest absolute Gasteiger partial charge is 0.394 e. The van der Waals surface area contributed by atoms with Crippen molar-refractivity contribution in [2.75, 3.05) is 6.61 Å². The summed E-state index contributed by atoms with van der Waals surface area (Å²) < 4.78 is 1.11. The van der Waals surface area contributed by atoms with Gasteiger partial charge in [-0.3, -0.25) is 14.3 Å². The van der Waals surface area contributed by atoms with Gasteiger partial charge in [-0.2, -0.15) is 0 Å². The molecule has 0 aliphatic heterocycles. The average Bonchev–Trinajstić information content (AvgIpc) is 2.09. The third-order valence-electron chi connectivity index (χ3n) is 1.52. The molecular weight excluding hydrogens is 176 g/mol. The summed E-state index contributed by atoms with van der Waals surface area (Å²) in [5.41, 5.74) is -1.08. The summed E-state index contributed by atoms with van der Waals surface area (Å²) in [6, 6.07) is 1.17. The van der Waals surface area contributed by atoms with Gasteiger partial charge in [0.2, 0.25) is 0 Å². The second-order valence-corrected chi connectivity index (χ2v) is 2.60. The van der Waals surface area contributed by atoms with Gasteiger partial charge < -0.3 is 10.2 Å². The minimum absolute atomic E-state index is 0.0356. The Morgan fingerprint density at radius 3 is 2.77 bits per heavy atom. The van der Waals surface area contributed by atoms with E-state index < -0.39 is 24.0 Å². The third kappa shape index (κ3) is 2.53. The lowest BCUT2D eigenvalue weighted by molar-refractivity contribution is 0.0800. The molecule has 0 aliphatic carbocycles. The Hall–Kier alpha value is -1.40. The highest BCUT2D eigenvalue weighted by molar-refractivity contribution is 4.82. The molecule has 72 valence electrons. The summed E-state index contributed by atoms with van der Waals surface area (Å²) in [5, 5.41) is 17.5. The van der Waals surface area contributed by atoms with E-state index in [0.717, 1.165) is 4.57 Å². The highest BCUT2D eigenvalue weighted by Crippen LogP contribution is 1.84. The number of hydrogen-bond donors (Lipinski definition) is 3. The molecule has 1 aromatic rings. The summed E-state index contributed by atoms with van der Waals surface area (Å²) >= 11 is 0. The minimum atomic E-state index is -0.997. The van der Waals surface area contributed by atoms with Crippen molar-refractivity contribution in [2.45, 2.75) is 12.6 Å². The van der Waals surface area contributed by atoms with Crippen molar-refractivity contribution >= 4 is 0 Å². The molecule has 1 heterocycles. The van der Waals surface area contributed by atoms with Gasteiger partial charge >= 0.3 is 5.69 Å². The van der Waals surface area contributed by atoms with Crippen LogP contribution in [0.3, 0.4) is 0 Å². The lowest BCUT2D eigenvalue weighted by Gasteiger charge is -2.08. The molecule has 1 atom stereocenters. The molecule has 0 saturated heterocycles. The van der Waals surface area contributed by atoms with E-state index in [1.165, 1.54) is 12.3 Å². The van der Waals surface area contributed by atoms with Crippen molar-refractivity contribution in [1.82, 2.24) is 9.55 Å². The first-order valence-corrected chi connectivity index (χ1v) is 3.72. The van der Waals surface area contributed by atoms with Crippen LogP contribution in [0.4, 0.5) is 0 Å². The second kappa shape index (κ2) is 4.01. The maximum Gasteiger partial charge on any atom is 0.328 e. The number of aliphatic hydroxyl groups excluding tert-OH is 2. The topological polar surface area (TPSA) is 95.3 Å². The first kappa shape index (κ1) is 9.69. The van der Waals surface area contributed by atoms with E-state index >= 15 is 0 Å². The Balaban J connectivity index is 2.90. The number of rotatable bonds is 3. The van der Waals surface area contributed by atoms with E-state index in [9.17, 15) is 9.59 Å². The first-order chi connectivity index (χ1) is 6.13. The Bertz CT molecular complexity index is 381. The predicted octanol–water partition coefficient (Wildman–Crippen LogP) is -2.11.